The Morgan fingerprint density at radius 3 is 2.50 bits per heavy atom. The summed E-state index contributed by atoms with van der Waals surface area (Å²) in [6.45, 7) is 2.38. The molecular formula is C14H28N2. The van der Waals surface area contributed by atoms with Crippen molar-refractivity contribution < 1.29 is 0 Å². The third-order valence-electron chi connectivity index (χ3n) is 4.58. The third kappa shape index (κ3) is 3.74. The van der Waals surface area contributed by atoms with Crippen molar-refractivity contribution in [3.8, 4) is 0 Å². The second-order valence-corrected chi connectivity index (χ2v) is 5.85. The highest BCUT2D eigenvalue weighted by Gasteiger charge is 2.20. The van der Waals surface area contributed by atoms with E-state index in [2.05, 4.69) is 5.32 Å². The van der Waals surface area contributed by atoms with Gasteiger partial charge in [0.2, 0.25) is 0 Å². The highest BCUT2D eigenvalue weighted by atomic mass is 14.9. The molecule has 2 aliphatic rings. The Balaban J connectivity index is 1.56. The van der Waals surface area contributed by atoms with E-state index in [1.54, 1.807) is 0 Å². The molecule has 3 N–H and O–H groups in total. The van der Waals surface area contributed by atoms with Crippen LogP contribution in [0, 0.1) is 11.8 Å². The summed E-state index contributed by atoms with van der Waals surface area (Å²) in [4.78, 5) is 0. The molecule has 16 heavy (non-hydrogen) atoms. The van der Waals surface area contributed by atoms with Crippen molar-refractivity contribution in [3.63, 3.8) is 0 Å². The van der Waals surface area contributed by atoms with Crippen LogP contribution < -0.4 is 11.1 Å². The van der Waals surface area contributed by atoms with Gasteiger partial charge in [-0.25, -0.2) is 0 Å². The summed E-state index contributed by atoms with van der Waals surface area (Å²) in [5, 5.41) is 3.63. The van der Waals surface area contributed by atoms with E-state index in [0.29, 0.717) is 6.04 Å². The van der Waals surface area contributed by atoms with Crippen molar-refractivity contribution in [1.82, 2.24) is 5.32 Å². The van der Waals surface area contributed by atoms with Crippen molar-refractivity contribution in [2.75, 3.05) is 13.1 Å². The van der Waals surface area contributed by atoms with Gasteiger partial charge in [0.15, 0.2) is 0 Å². The molecule has 2 rings (SSSR count). The molecule has 0 radical (unpaired) electrons. The van der Waals surface area contributed by atoms with Crippen molar-refractivity contribution in [3.05, 3.63) is 0 Å². The van der Waals surface area contributed by atoms with Crippen molar-refractivity contribution in [2.45, 2.75) is 63.8 Å². The Hall–Kier alpha value is -0.0800. The fourth-order valence-electron chi connectivity index (χ4n) is 3.04. The maximum Gasteiger partial charge on any atom is 0.00792 e. The Bertz CT molecular complexity index is 189. The van der Waals surface area contributed by atoms with E-state index in [-0.39, 0.29) is 0 Å². The number of hydrogen-bond acceptors (Lipinski definition) is 2. The summed E-state index contributed by atoms with van der Waals surface area (Å²) in [6.07, 6.45) is 12.5. The summed E-state index contributed by atoms with van der Waals surface area (Å²) in [5.41, 5.74) is 6.22. The summed E-state index contributed by atoms with van der Waals surface area (Å²) in [7, 11) is 0. The first-order valence-corrected chi connectivity index (χ1v) is 7.32. The van der Waals surface area contributed by atoms with Gasteiger partial charge in [-0.3, -0.25) is 0 Å². The molecule has 94 valence electrons. The average molecular weight is 224 g/mol. The SMILES string of the molecule is NC1CCCCCC1CNCCC1CCC1. The minimum Gasteiger partial charge on any atom is -0.327 e. The smallest absolute Gasteiger partial charge is 0.00792 e. The molecule has 2 nitrogen and oxygen atoms in total. The zero-order chi connectivity index (χ0) is 11.2. The van der Waals surface area contributed by atoms with Crippen molar-refractivity contribution in [2.24, 2.45) is 17.6 Å². The van der Waals surface area contributed by atoms with Crippen LogP contribution >= 0.6 is 0 Å². The van der Waals surface area contributed by atoms with E-state index in [0.717, 1.165) is 18.4 Å². The molecule has 0 aliphatic heterocycles. The van der Waals surface area contributed by atoms with Gasteiger partial charge in [0, 0.05) is 6.04 Å². The summed E-state index contributed by atoms with van der Waals surface area (Å²) < 4.78 is 0. The molecule has 2 atom stereocenters. The third-order valence-corrected chi connectivity index (χ3v) is 4.58. The van der Waals surface area contributed by atoms with Gasteiger partial charge in [-0.05, 0) is 44.2 Å². The number of nitrogens with two attached hydrogens (primary N) is 1. The van der Waals surface area contributed by atoms with Crippen LogP contribution in [0.1, 0.15) is 57.8 Å². The Kier molecular flexibility index (Phi) is 5.11. The molecule has 0 spiro atoms. The molecule has 0 aromatic heterocycles. The first kappa shape index (κ1) is 12.4. The Morgan fingerprint density at radius 2 is 1.75 bits per heavy atom. The van der Waals surface area contributed by atoms with Gasteiger partial charge in [-0.15, -0.1) is 0 Å². The van der Waals surface area contributed by atoms with E-state index in [4.69, 9.17) is 5.73 Å². The minimum atomic E-state index is 0.457. The molecule has 0 amide bonds. The van der Waals surface area contributed by atoms with E-state index >= 15 is 0 Å². The molecule has 2 heteroatoms. The molecule has 2 fully saturated rings. The quantitative estimate of drug-likeness (QED) is 0.556. The van der Waals surface area contributed by atoms with Crippen LogP contribution in [0.4, 0.5) is 0 Å². The fraction of sp³-hybridized carbons (Fsp3) is 1.00. The van der Waals surface area contributed by atoms with Gasteiger partial charge in [0.25, 0.3) is 0 Å². The second kappa shape index (κ2) is 6.61. The number of nitrogens with one attached hydrogen (secondary N) is 1. The van der Waals surface area contributed by atoms with Crippen LogP contribution in [0.25, 0.3) is 0 Å². The normalized spacial score (nSPS) is 32.1. The summed E-state index contributed by atoms with van der Waals surface area (Å²) >= 11 is 0. The van der Waals surface area contributed by atoms with Gasteiger partial charge in [-0.2, -0.15) is 0 Å². The van der Waals surface area contributed by atoms with Gasteiger partial charge in [0.1, 0.15) is 0 Å². The average Bonchev–Trinajstić information content (AvgIpc) is 2.41. The summed E-state index contributed by atoms with van der Waals surface area (Å²) in [6, 6.07) is 0.457. The fourth-order valence-corrected chi connectivity index (χ4v) is 3.04. The van der Waals surface area contributed by atoms with Crippen LogP contribution in [0.15, 0.2) is 0 Å². The van der Waals surface area contributed by atoms with E-state index in [9.17, 15) is 0 Å². The molecular weight excluding hydrogens is 196 g/mol. The molecule has 0 bridgehead atoms. The lowest BCUT2D eigenvalue weighted by Gasteiger charge is -2.26. The zero-order valence-corrected chi connectivity index (χ0v) is 10.6. The van der Waals surface area contributed by atoms with Crippen LogP contribution in [-0.4, -0.2) is 19.1 Å². The predicted octanol–water partition coefficient (Wildman–Crippen LogP) is 2.67. The van der Waals surface area contributed by atoms with Gasteiger partial charge < -0.3 is 11.1 Å². The predicted molar refractivity (Wildman–Crippen MR) is 69.4 cm³/mol. The monoisotopic (exact) mass is 224 g/mol. The first-order chi connectivity index (χ1) is 7.86. The van der Waals surface area contributed by atoms with E-state index in [1.807, 2.05) is 0 Å². The van der Waals surface area contributed by atoms with Crippen LogP contribution in [0.5, 0.6) is 0 Å². The van der Waals surface area contributed by atoms with Gasteiger partial charge in [-0.1, -0.05) is 38.5 Å². The summed E-state index contributed by atoms with van der Waals surface area (Å²) in [5.74, 6) is 1.78. The molecule has 0 aromatic carbocycles. The molecule has 0 aromatic rings. The van der Waals surface area contributed by atoms with E-state index < -0.39 is 0 Å². The maximum atomic E-state index is 6.22. The number of hydrogen-bond donors (Lipinski definition) is 2. The lowest BCUT2D eigenvalue weighted by atomic mass is 9.83. The maximum absolute atomic E-state index is 6.22. The Labute approximate surface area is 100 Å². The molecule has 2 unspecified atom stereocenters. The topological polar surface area (TPSA) is 38.0 Å². The second-order valence-electron chi connectivity index (χ2n) is 5.85. The van der Waals surface area contributed by atoms with Crippen molar-refractivity contribution in [1.29, 1.82) is 0 Å². The molecule has 2 aliphatic carbocycles. The highest BCUT2D eigenvalue weighted by molar-refractivity contribution is 4.78. The van der Waals surface area contributed by atoms with Gasteiger partial charge >= 0.3 is 0 Å². The molecule has 2 saturated carbocycles. The number of rotatable bonds is 5. The highest BCUT2D eigenvalue weighted by Crippen LogP contribution is 2.28. The largest absolute Gasteiger partial charge is 0.327 e. The minimum absolute atomic E-state index is 0.457. The molecule has 0 heterocycles. The lowest BCUT2D eigenvalue weighted by molar-refractivity contribution is 0.285. The van der Waals surface area contributed by atoms with Crippen LogP contribution in [0.3, 0.4) is 0 Å². The van der Waals surface area contributed by atoms with E-state index in [1.165, 1.54) is 64.3 Å². The standard InChI is InChI=1S/C14H28N2/c15-14-8-3-1-2-7-13(14)11-16-10-9-12-5-4-6-12/h12-14,16H,1-11,15H2. The first-order valence-electron chi connectivity index (χ1n) is 7.32. The Morgan fingerprint density at radius 1 is 0.938 bits per heavy atom. The molecule has 0 saturated heterocycles. The van der Waals surface area contributed by atoms with Crippen LogP contribution in [0.2, 0.25) is 0 Å². The van der Waals surface area contributed by atoms with Crippen molar-refractivity contribution >= 4 is 0 Å². The van der Waals surface area contributed by atoms with Gasteiger partial charge in [0.05, 0.1) is 0 Å². The van der Waals surface area contributed by atoms with Crippen LogP contribution in [-0.2, 0) is 0 Å². The zero-order valence-electron chi connectivity index (χ0n) is 10.6. The lowest BCUT2D eigenvalue weighted by Crippen LogP contribution is -2.37.